The van der Waals surface area contributed by atoms with E-state index in [-0.39, 0.29) is 5.78 Å². The Labute approximate surface area is 111 Å². The van der Waals surface area contributed by atoms with Crippen LogP contribution in [0.2, 0.25) is 0 Å². The smallest absolute Gasteiger partial charge is 0.155 e. The van der Waals surface area contributed by atoms with Crippen LogP contribution < -0.4 is 0 Å². The second-order valence-corrected chi connectivity index (χ2v) is 5.27. The molecule has 0 aromatic heterocycles. The molecule has 1 aliphatic rings. The van der Waals surface area contributed by atoms with Crippen LogP contribution in [0, 0.1) is 0 Å². The number of carbonyl (C=O) groups excluding carboxylic acids is 2. The lowest BCUT2D eigenvalue weighted by Gasteiger charge is -2.03. The summed E-state index contributed by atoms with van der Waals surface area (Å²) in [7, 11) is 0. The van der Waals surface area contributed by atoms with E-state index < -0.39 is 0 Å². The zero-order valence-corrected chi connectivity index (χ0v) is 11.5. The molecule has 0 spiro atoms. The molecule has 2 heteroatoms. The summed E-state index contributed by atoms with van der Waals surface area (Å²) in [5.74, 6) is 0.564. The van der Waals surface area contributed by atoms with Gasteiger partial charge in [-0.2, -0.15) is 0 Å². The van der Waals surface area contributed by atoms with Crippen LogP contribution in [-0.2, 0) is 9.59 Å². The molecule has 1 rings (SSSR count). The largest absolute Gasteiger partial charge is 0.300 e. The summed E-state index contributed by atoms with van der Waals surface area (Å²) < 4.78 is 0. The quantitative estimate of drug-likeness (QED) is 0.639. The Morgan fingerprint density at radius 1 is 0.667 bits per heavy atom. The van der Waals surface area contributed by atoms with Crippen LogP contribution in [-0.4, -0.2) is 11.6 Å². The van der Waals surface area contributed by atoms with Crippen LogP contribution in [0.5, 0.6) is 0 Å². The molecule has 0 saturated carbocycles. The minimum Gasteiger partial charge on any atom is -0.300 e. The van der Waals surface area contributed by atoms with E-state index in [9.17, 15) is 9.59 Å². The standard InChI is InChI=1S/C16H26O2/c17-15-11-7-5-3-1-2-4-6-8-12-16(18)14-10-9-13-15/h9,13H,1-8,10-12,14H2/b13-9+. The SMILES string of the molecule is O=C1/C=C/CCC(=O)CCCCCCCCCC1. The maximum Gasteiger partial charge on any atom is 0.155 e. The number of allylic oxidation sites excluding steroid dienone is 2. The zero-order valence-electron chi connectivity index (χ0n) is 11.5. The second kappa shape index (κ2) is 10.0. The Kier molecular flexibility index (Phi) is 8.45. The third-order valence-corrected chi connectivity index (χ3v) is 3.52. The molecule has 0 N–H and O–H groups in total. The molecule has 2 nitrogen and oxygen atoms in total. The number of hydrogen-bond donors (Lipinski definition) is 0. The van der Waals surface area contributed by atoms with Crippen molar-refractivity contribution in [3.63, 3.8) is 0 Å². The molecule has 0 radical (unpaired) electrons. The first kappa shape index (κ1) is 15.1. The highest BCUT2D eigenvalue weighted by Crippen LogP contribution is 2.12. The molecule has 0 aromatic carbocycles. The number of ketones is 2. The zero-order chi connectivity index (χ0) is 13.1. The topological polar surface area (TPSA) is 34.1 Å². The predicted octanol–water partition coefficient (Wildman–Crippen LogP) is 4.38. The molecular formula is C16H26O2. The second-order valence-electron chi connectivity index (χ2n) is 5.27. The van der Waals surface area contributed by atoms with Crippen molar-refractivity contribution in [2.45, 2.75) is 77.0 Å². The first-order valence-corrected chi connectivity index (χ1v) is 7.50. The molecule has 102 valence electrons. The Hall–Kier alpha value is -0.920. The Morgan fingerprint density at radius 2 is 1.22 bits per heavy atom. The molecule has 0 amide bonds. The Morgan fingerprint density at radius 3 is 1.89 bits per heavy atom. The van der Waals surface area contributed by atoms with Crippen LogP contribution in [0.25, 0.3) is 0 Å². The van der Waals surface area contributed by atoms with Gasteiger partial charge in [0.2, 0.25) is 0 Å². The van der Waals surface area contributed by atoms with E-state index in [1.54, 1.807) is 6.08 Å². The summed E-state index contributed by atoms with van der Waals surface area (Å²) in [4.78, 5) is 23.0. The molecule has 0 bridgehead atoms. The van der Waals surface area contributed by atoms with E-state index >= 15 is 0 Å². The van der Waals surface area contributed by atoms with Gasteiger partial charge in [-0.25, -0.2) is 0 Å². The van der Waals surface area contributed by atoms with Crippen molar-refractivity contribution in [2.24, 2.45) is 0 Å². The highest BCUT2D eigenvalue weighted by atomic mass is 16.1. The summed E-state index contributed by atoms with van der Waals surface area (Å²) in [5.41, 5.74) is 0. The van der Waals surface area contributed by atoms with Gasteiger partial charge >= 0.3 is 0 Å². The average Bonchev–Trinajstić information content (AvgIpc) is 2.35. The van der Waals surface area contributed by atoms with Gasteiger partial charge in [0.25, 0.3) is 0 Å². The third-order valence-electron chi connectivity index (χ3n) is 3.52. The minimum absolute atomic E-state index is 0.217. The van der Waals surface area contributed by atoms with Crippen LogP contribution in [0.4, 0.5) is 0 Å². The first-order valence-electron chi connectivity index (χ1n) is 7.50. The normalized spacial score (nSPS) is 23.8. The van der Waals surface area contributed by atoms with E-state index in [2.05, 4.69) is 0 Å². The van der Waals surface area contributed by atoms with Crippen molar-refractivity contribution in [3.8, 4) is 0 Å². The number of Topliss-reactive ketones (excluding diaryl/α,β-unsaturated/α-hetero) is 1. The number of rotatable bonds is 0. The van der Waals surface area contributed by atoms with Crippen LogP contribution in [0.15, 0.2) is 12.2 Å². The van der Waals surface area contributed by atoms with Crippen molar-refractivity contribution >= 4 is 11.6 Å². The van der Waals surface area contributed by atoms with E-state index in [0.717, 1.165) is 25.7 Å². The molecule has 0 fully saturated rings. The van der Waals surface area contributed by atoms with Crippen molar-refractivity contribution < 1.29 is 9.59 Å². The van der Waals surface area contributed by atoms with Gasteiger partial charge in [-0.05, 0) is 25.3 Å². The minimum atomic E-state index is 0.217. The van der Waals surface area contributed by atoms with Gasteiger partial charge in [0.1, 0.15) is 5.78 Å². The van der Waals surface area contributed by atoms with Crippen LogP contribution in [0.1, 0.15) is 77.0 Å². The molecule has 0 saturated heterocycles. The monoisotopic (exact) mass is 250 g/mol. The fourth-order valence-electron chi connectivity index (χ4n) is 2.35. The lowest BCUT2D eigenvalue weighted by atomic mass is 10.0. The Balaban J connectivity index is 2.31. The average molecular weight is 250 g/mol. The molecule has 18 heavy (non-hydrogen) atoms. The fourth-order valence-corrected chi connectivity index (χ4v) is 2.35. The number of hydrogen-bond acceptors (Lipinski definition) is 2. The molecule has 0 unspecified atom stereocenters. The van der Waals surface area contributed by atoms with Gasteiger partial charge in [-0.3, -0.25) is 9.59 Å². The molecule has 1 aliphatic carbocycles. The van der Waals surface area contributed by atoms with Gasteiger partial charge in [-0.15, -0.1) is 0 Å². The highest BCUT2D eigenvalue weighted by Gasteiger charge is 2.02. The van der Waals surface area contributed by atoms with Crippen LogP contribution in [0.3, 0.4) is 0 Å². The molecule has 0 heterocycles. The summed E-state index contributed by atoms with van der Waals surface area (Å²) in [5, 5.41) is 0. The molecule has 0 aromatic rings. The number of carbonyl (C=O) groups is 2. The summed E-state index contributed by atoms with van der Waals surface area (Å²) in [6.07, 6.45) is 15.7. The fraction of sp³-hybridized carbons (Fsp3) is 0.750. The predicted molar refractivity (Wildman–Crippen MR) is 74.6 cm³/mol. The summed E-state index contributed by atoms with van der Waals surface area (Å²) in [6.45, 7) is 0. The third kappa shape index (κ3) is 8.21. The van der Waals surface area contributed by atoms with E-state index in [1.165, 1.54) is 38.5 Å². The Bertz CT molecular complexity index is 279. The highest BCUT2D eigenvalue weighted by molar-refractivity contribution is 5.89. The lowest BCUT2D eigenvalue weighted by molar-refractivity contribution is -0.119. The summed E-state index contributed by atoms with van der Waals surface area (Å²) >= 11 is 0. The molecule has 0 aliphatic heterocycles. The van der Waals surface area contributed by atoms with Crippen LogP contribution >= 0.6 is 0 Å². The van der Waals surface area contributed by atoms with E-state index in [1.807, 2.05) is 6.08 Å². The van der Waals surface area contributed by atoms with Gasteiger partial charge in [0.15, 0.2) is 5.78 Å². The van der Waals surface area contributed by atoms with E-state index in [0.29, 0.717) is 18.6 Å². The van der Waals surface area contributed by atoms with Crippen molar-refractivity contribution in [3.05, 3.63) is 12.2 Å². The van der Waals surface area contributed by atoms with E-state index in [4.69, 9.17) is 0 Å². The first-order chi connectivity index (χ1) is 8.79. The van der Waals surface area contributed by atoms with Crippen molar-refractivity contribution in [1.29, 1.82) is 0 Å². The van der Waals surface area contributed by atoms with Crippen molar-refractivity contribution in [1.82, 2.24) is 0 Å². The van der Waals surface area contributed by atoms with Gasteiger partial charge in [-0.1, -0.05) is 44.6 Å². The van der Waals surface area contributed by atoms with Gasteiger partial charge in [0.05, 0.1) is 0 Å². The molecule has 0 atom stereocenters. The molecular weight excluding hydrogens is 224 g/mol. The lowest BCUT2D eigenvalue weighted by Crippen LogP contribution is -1.98. The van der Waals surface area contributed by atoms with Gasteiger partial charge < -0.3 is 0 Å². The van der Waals surface area contributed by atoms with Gasteiger partial charge in [0, 0.05) is 19.3 Å². The summed E-state index contributed by atoms with van der Waals surface area (Å²) in [6, 6.07) is 0. The van der Waals surface area contributed by atoms with Crippen molar-refractivity contribution in [2.75, 3.05) is 0 Å². The maximum atomic E-state index is 11.5. The maximum absolute atomic E-state index is 11.5.